The molecule has 3 aromatic rings. The smallest absolute Gasteiger partial charge is 0.230 e. The summed E-state index contributed by atoms with van der Waals surface area (Å²) in [5.41, 5.74) is 2.58. The van der Waals surface area contributed by atoms with Gasteiger partial charge in [0.25, 0.3) is 5.82 Å². The van der Waals surface area contributed by atoms with Crippen LogP contribution in [0.15, 0.2) is 73.1 Å². The number of hydrogen-bond acceptors (Lipinski definition) is 0. The molecule has 0 saturated carbocycles. The summed E-state index contributed by atoms with van der Waals surface area (Å²) in [7, 11) is 0. The molecule has 20 heavy (non-hydrogen) atoms. The highest BCUT2D eigenvalue weighted by Crippen LogP contribution is 2.17. The molecule has 0 aliphatic rings. The van der Waals surface area contributed by atoms with Crippen molar-refractivity contribution in [2.24, 2.45) is 0 Å². The van der Waals surface area contributed by atoms with E-state index in [1.165, 1.54) is 17.0 Å². The zero-order valence-electron chi connectivity index (χ0n) is 11.7. The molecule has 0 saturated heterocycles. The summed E-state index contributed by atoms with van der Waals surface area (Å²) in [6.45, 7) is 4.06. The number of imidazole rings is 1. The Morgan fingerprint density at radius 1 is 0.900 bits per heavy atom. The van der Waals surface area contributed by atoms with Crippen molar-refractivity contribution in [3.8, 4) is 11.4 Å². The maximum atomic E-state index is 2.31. The highest BCUT2D eigenvalue weighted by Gasteiger charge is 2.18. The second kappa shape index (κ2) is 5.74. The van der Waals surface area contributed by atoms with Crippen LogP contribution in [0, 0.1) is 0 Å². The summed E-state index contributed by atoms with van der Waals surface area (Å²) >= 11 is 0. The quantitative estimate of drug-likeness (QED) is 0.637. The molecule has 0 amide bonds. The molecule has 3 rings (SSSR count). The molecule has 100 valence electrons. The lowest BCUT2D eigenvalue weighted by atomic mass is 10.2. The Morgan fingerprint density at radius 2 is 1.55 bits per heavy atom. The van der Waals surface area contributed by atoms with Gasteiger partial charge in [0.05, 0.1) is 12.1 Å². The van der Waals surface area contributed by atoms with Gasteiger partial charge in [0.1, 0.15) is 18.9 Å². The third-order valence-corrected chi connectivity index (χ3v) is 3.54. The zero-order chi connectivity index (χ0) is 13.8. The van der Waals surface area contributed by atoms with E-state index in [-0.39, 0.29) is 0 Å². The number of hydrogen-bond donors (Lipinski definition) is 0. The van der Waals surface area contributed by atoms with E-state index < -0.39 is 0 Å². The lowest BCUT2D eigenvalue weighted by Gasteiger charge is -2.04. The van der Waals surface area contributed by atoms with Crippen LogP contribution < -0.4 is 4.57 Å². The summed E-state index contributed by atoms with van der Waals surface area (Å²) in [6, 6.07) is 21.2. The van der Waals surface area contributed by atoms with Crippen LogP contribution in [0.25, 0.3) is 11.4 Å². The van der Waals surface area contributed by atoms with Crippen molar-refractivity contribution in [1.82, 2.24) is 4.57 Å². The standard InChI is InChI=1S/C18H19N2/c1-2-19-13-14-20(15-16-9-5-3-6-10-16)18(19)17-11-7-4-8-12-17/h3-14H,2,15H2,1H3/q+1. The minimum atomic E-state index is 0.901. The van der Waals surface area contributed by atoms with Crippen LogP contribution in [0.4, 0.5) is 0 Å². The van der Waals surface area contributed by atoms with Crippen molar-refractivity contribution >= 4 is 0 Å². The Labute approximate surface area is 119 Å². The first-order valence-corrected chi connectivity index (χ1v) is 7.06. The van der Waals surface area contributed by atoms with Gasteiger partial charge in [0.2, 0.25) is 0 Å². The van der Waals surface area contributed by atoms with Gasteiger partial charge in [-0.15, -0.1) is 0 Å². The number of aryl methyl sites for hydroxylation is 1. The van der Waals surface area contributed by atoms with Crippen molar-refractivity contribution in [3.63, 3.8) is 0 Å². The summed E-state index contributed by atoms with van der Waals surface area (Å²) in [5.74, 6) is 1.26. The molecule has 2 nitrogen and oxygen atoms in total. The molecule has 0 aliphatic carbocycles. The van der Waals surface area contributed by atoms with E-state index >= 15 is 0 Å². The molecule has 1 aromatic heterocycles. The molecule has 1 heterocycles. The maximum Gasteiger partial charge on any atom is 0.289 e. The Morgan fingerprint density at radius 3 is 2.20 bits per heavy atom. The number of benzene rings is 2. The van der Waals surface area contributed by atoms with Crippen LogP contribution >= 0.6 is 0 Å². The first-order chi connectivity index (χ1) is 9.88. The van der Waals surface area contributed by atoms with Crippen LogP contribution in [0.2, 0.25) is 0 Å². The Balaban J connectivity index is 2.02. The zero-order valence-corrected chi connectivity index (χ0v) is 11.7. The molecule has 0 aliphatic heterocycles. The summed E-state index contributed by atoms with van der Waals surface area (Å²) in [4.78, 5) is 0. The summed E-state index contributed by atoms with van der Waals surface area (Å²) < 4.78 is 4.60. The topological polar surface area (TPSA) is 8.81 Å². The van der Waals surface area contributed by atoms with Gasteiger partial charge in [-0.1, -0.05) is 48.5 Å². The van der Waals surface area contributed by atoms with E-state index in [1.807, 2.05) is 0 Å². The minimum Gasteiger partial charge on any atom is -0.230 e. The average molecular weight is 263 g/mol. The van der Waals surface area contributed by atoms with E-state index in [0.29, 0.717) is 0 Å². The number of rotatable bonds is 4. The van der Waals surface area contributed by atoms with E-state index in [1.54, 1.807) is 0 Å². The van der Waals surface area contributed by atoms with Crippen LogP contribution in [-0.4, -0.2) is 4.57 Å². The van der Waals surface area contributed by atoms with Crippen molar-refractivity contribution in [2.45, 2.75) is 20.0 Å². The molecule has 0 fully saturated rings. The lowest BCUT2D eigenvalue weighted by molar-refractivity contribution is -0.682. The fraction of sp³-hybridized carbons (Fsp3) is 0.167. The van der Waals surface area contributed by atoms with Crippen molar-refractivity contribution < 1.29 is 4.57 Å². The van der Waals surface area contributed by atoms with Gasteiger partial charge in [-0.3, -0.25) is 0 Å². The van der Waals surface area contributed by atoms with Gasteiger partial charge in [0.15, 0.2) is 0 Å². The minimum absolute atomic E-state index is 0.901. The molecular formula is C18H19N2+. The normalized spacial score (nSPS) is 10.7. The molecular weight excluding hydrogens is 244 g/mol. The van der Waals surface area contributed by atoms with Gasteiger partial charge >= 0.3 is 0 Å². The third-order valence-electron chi connectivity index (χ3n) is 3.54. The van der Waals surface area contributed by atoms with Gasteiger partial charge in [-0.2, -0.15) is 0 Å². The monoisotopic (exact) mass is 263 g/mol. The van der Waals surface area contributed by atoms with Crippen LogP contribution in [0.3, 0.4) is 0 Å². The second-order valence-electron chi connectivity index (χ2n) is 4.89. The van der Waals surface area contributed by atoms with E-state index in [2.05, 4.69) is 89.1 Å². The van der Waals surface area contributed by atoms with Gasteiger partial charge in [0, 0.05) is 0 Å². The van der Waals surface area contributed by atoms with Gasteiger partial charge in [-0.05, 0) is 24.6 Å². The molecule has 0 bridgehead atoms. The summed E-state index contributed by atoms with van der Waals surface area (Å²) in [6.07, 6.45) is 4.32. The Bertz CT molecular complexity index is 669. The molecule has 0 radical (unpaired) electrons. The first kappa shape index (κ1) is 12.7. The molecule has 0 unspecified atom stereocenters. The highest BCUT2D eigenvalue weighted by atomic mass is 15.1. The second-order valence-corrected chi connectivity index (χ2v) is 4.89. The van der Waals surface area contributed by atoms with E-state index in [4.69, 9.17) is 0 Å². The van der Waals surface area contributed by atoms with Crippen LogP contribution in [0.1, 0.15) is 12.5 Å². The van der Waals surface area contributed by atoms with Crippen LogP contribution in [-0.2, 0) is 13.1 Å². The molecule has 0 atom stereocenters. The SMILES string of the molecule is CC[n+]1ccn(Cc2ccccc2)c1-c1ccccc1. The maximum absolute atomic E-state index is 2.31. The highest BCUT2D eigenvalue weighted by molar-refractivity contribution is 5.52. The van der Waals surface area contributed by atoms with Gasteiger partial charge < -0.3 is 0 Å². The van der Waals surface area contributed by atoms with Crippen LogP contribution in [0.5, 0.6) is 0 Å². The van der Waals surface area contributed by atoms with E-state index in [0.717, 1.165) is 13.1 Å². The number of aromatic nitrogens is 2. The summed E-state index contributed by atoms with van der Waals surface area (Å²) in [5, 5.41) is 0. The average Bonchev–Trinajstić information content (AvgIpc) is 2.92. The molecule has 2 heteroatoms. The van der Waals surface area contributed by atoms with Gasteiger partial charge in [-0.25, -0.2) is 9.13 Å². The van der Waals surface area contributed by atoms with Crippen molar-refractivity contribution in [3.05, 3.63) is 78.6 Å². The fourth-order valence-electron chi connectivity index (χ4n) is 2.55. The Kier molecular flexibility index (Phi) is 3.64. The van der Waals surface area contributed by atoms with Crippen molar-refractivity contribution in [2.75, 3.05) is 0 Å². The Hall–Kier alpha value is -2.35. The third kappa shape index (κ3) is 2.50. The lowest BCUT2D eigenvalue weighted by Crippen LogP contribution is -2.33. The fourth-order valence-corrected chi connectivity index (χ4v) is 2.55. The van der Waals surface area contributed by atoms with E-state index in [9.17, 15) is 0 Å². The predicted molar refractivity (Wildman–Crippen MR) is 81.3 cm³/mol. The first-order valence-electron chi connectivity index (χ1n) is 7.06. The predicted octanol–water partition coefficient (Wildman–Crippen LogP) is 3.51. The molecule has 0 spiro atoms. The van der Waals surface area contributed by atoms with Crippen molar-refractivity contribution in [1.29, 1.82) is 0 Å². The number of nitrogens with zero attached hydrogens (tertiary/aromatic N) is 2. The molecule has 0 N–H and O–H groups in total. The largest absolute Gasteiger partial charge is 0.289 e. The molecule has 2 aromatic carbocycles.